The van der Waals surface area contributed by atoms with Crippen LogP contribution >= 0.6 is 184 Å². The van der Waals surface area contributed by atoms with Crippen LogP contribution in [0.15, 0.2) is 0 Å². The van der Waals surface area contributed by atoms with Gasteiger partial charge in [0.15, 0.2) is 0 Å². The van der Waals surface area contributed by atoms with Crippen molar-refractivity contribution in [2.45, 2.75) is 36.0 Å². The Kier molecular flexibility index (Phi) is 91.3. The van der Waals surface area contributed by atoms with E-state index in [9.17, 15) is 0 Å². The number of hydrazine groups is 1. The number of aryl methyl sites for hydroxylation is 1. The van der Waals surface area contributed by atoms with Gasteiger partial charge >= 0.3 is 51.4 Å². The number of anilines is 1. The van der Waals surface area contributed by atoms with E-state index in [4.69, 9.17) is 5.73 Å². The Morgan fingerprint density at radius 3 is 1.48 bits per heavy atom. The predicted octanol–water partition coefficient (Wildman–Crippen LogP) is 5.18. The van der Waals surface area contributed by atoms with Crippen molar-refractivity contribution < 1.29 is 69.9 Å². The number of alkyl halides is 5. The number of nitrogen functional groups attached to an aromatic ring is 1. The summed E-state index contributed by atoms with van der Waals surface area (Å²) in [6.45, 7) is 9.86. The first kappa shape index (κ1) is 57.3. The average molecular weight is 1260 g/mol. The summed E-state index contributed by atoms with van der Waals surface area (Å²) in [5, 5.41) is 8.68. The van der Waals surface area contributed by atoms with Crippen LogP contribution in [0.2, 0.25) is 0 Å². The summed E-state index contributed by atoms with van der Waals surface area (Å²) >= 11 is 31.9. The van der Waals surface area contributed by atoms with Gasteiger partial charge in [0.2, 0.25) is 5.13 Å². The Balaban J connectivity index is -0.0000000338. The van der Waals surface area contributed by atoms with E-state index in [1.165, 1.54) is 11.3 Å². The Hall–Kier alpha value is 6.41. The van der Waals surface area contributed by atoms with E-state index in [2.05, 4.69) is 220 Å². The largest absolute Gasteiger partial charge is 1.00 e. The van der Waals surface area contributed by atoms with Crippen LogP contribution in [0.1, 0.15) is 32.7 Å². The molecule has 1 aromatic rings. The third kappa shape index (κ3) is 182. The van der Waals surface area contributed by atoms with Crippen molar-refractivity contribution in [1.82, 2.24) is 15.6 Å². The molecule has 31 heavy (non-hydrogen) atoms. The molecule has 0 spiro atoms. The molecule has 0 fully saturated rings. The van der Waals surface area contributed by atoms with Crippen molar-refractivity contribution in [1.29, 1.82) is 0 Å². The topological polar surface area (TPSA) is 89.8 Å². The van der Waals surface area contributed by atoms with Crippen molar-refractivity contribution in [2.24, 2.45) is 5.84 Å². The summed E-state index contributed by atoms with van der Waals surface area (Å²) in [4.78, 5) is 0. The first-order chi connectivity index (χ1) is 13.0. The van der Waals surface area contributed by atoms with Gasteiger partial charge in [0, 0.05) is 22.9 Å². The number of hydrogen-bond acceptors (Lipinski definition) is 10. The number of nitrogens with zero attached hydrogens (tertiary/aromatic N) is 2. The molecule has 181 valence electrons. The Labute approximate surface area is 350 Å². The minimum Gasteiger partial charge on any atom is -0.433 e. The van der Waals surface area contributed by atoms with Crippen LogP contribution in [0.25, 0.3) is 0 Å². The van der Waals surface area contributed by atoms with Gasteiger partial charge in [-0.15, -0.1) is 10.2 Å². The fourth-order valence-electron chi connectivity index (χ4n) is 0.312. The second-order valence-corrected chi connectivity index (χ2v) is 26.9. The first-order valence-corrected chi connectivity index (χ1v) is 16.2. The molecule has 0 aliphatic carbocycles. The monoisotopic (exact) mass is 1260 g/mol. The zero-order chi connectivity index (χ0) is 25.1. The quantitative estimate of drug-likeness (QED) is 0.0476. The molecule has 0 amide bonds. The summed E-state index contributed by atoms with van der Waals surface area (Å²) in [6.07, 6.45) is 0. The van der Waals surface area contributed by atoms with Crippen molar-refractivity contribution in [3.05, 3.63) is 9.44 Å². The fourth-order valence-corrected chi connectivity index (χ4v) is 0.778. The molecule has 5 nitrogen and oxygen atoms in total. The third-order valence-electron chi connectivity index (χ3n) is 0.542. The van der Waals surface area contributed by atoms with Gasteiger partial charge in [0.25, 0.3) is 0 Å². The molecule has 0 saturated heterocycles. The van der Waals surface area contributed by atoms with Gasteiger partial charge in [0.1, 0.15) is 4.44 Å². The molecule has 18 heteroatoms. The average Bonchev–Trinajstić information content (AvgIpc) is 2.81. The third-order valence-corrected chi connectivity index (χ3v) is 1.21. The molecule has 1 rings (SSSR count). The normalized spacial score (nSPS) is 7.42. The molecule has 0 unspecified atom stereocenters. The van der Waals surface area contributed by atoms with E-state index in [1.54, 1.807) is 14.0 Å². The summed E-state index contributed by atoms with van der Waals surface area (Å²) in [7, 11) is 1.65. The molecule has 1 heterocycles. The second kappa shape index (κ2) is 49.4. The Morgan fingerprint density at radius 2 is 1.45 bits per heavy atom. The van der Waals surface area contributed by atoms with Crippen LogP contribution in [0.5, 0.6) is 0 Å². The van der Waals surface area contributed by atoms with Crippen molar-refractivity contribution >= 4 is 210 Å². The number of halogens is 6. The Morgan fingerprint density at radius 1 is 1.29 bits per heavy atom. The number of nitrogens with two attached hydrogens (primary N) is 2. The van der Waals surface area contributed by atoms with Crippen molar-refractivity contribution in [3.63, 3.8) is 0 Å². The van der Waals surface area contributed by atoms with Crippen molar-refractivity contribution in [3.8, 4) is 0 Å². The van der Waals surface area contributed by atoms with Crippen LogP contribution in [0.3, 0.4) is 0 Å². The van der Waals surface area contributed by atoms with Gasteiger partial charge in [0.05, 0.1) is 1.93 Å². The van der Waals surface area contributed by atoms with E-state index in [0.717, 1.165) is 6.94 Å². The van der Waals surface area contributed by atoms with Gasteiger partial charge in [-0.05, 0) is 52.3 Å². The zero-order valence-corrected chi connectivity index (χ0v) is 39.5. The molecule has 0 atom stereocenters. The van der Waals surface area contributed by atoms with Gasteiger partial charge < -0.3 is 53.2 Å². The van der Waals surface area contributed by atoms with Gasteiger partial charge in [-0.25, -0.2) is 0 Å². The summed E-state index contributed by atoms with van der Waals surface area (Å²) in [5.41, 5.74) is 7.47. The number of nitrogens with one attached hydrogen (secondary N) is 1. The minimum atomic E-state index is 0. The molecular formula is C13H25I6KN5S5V-. The van der Waals surface area contributed by atoms with Gasteiger partial charge in [-0.3, -0.25) is 15.7 Å². The maximum Gasteiger partial charge on any atom is 1.00 e. The fraction of sp³-hybridized carbons (Fsp3) is 0.615. The van der Waals surface area contributed by atoms with Crippen LogP contribution in [-0.4, -0.2) is 27.1 Å². The molecule has 0 aromatic carbocycles. The number of hydrogen-bond donors (Lipinski definition) is 3. The van der Waals surface area contributed by atoms with Crippen LogP contribution in [0.4, 0.5) is 5.13 Å². The molecule has 0 aliphatic rings. The molecule has 1 aromatic heterocycles. The molecule has 1 radical (unpaired) electrons. The van der Waals surface area contributed by atoms with E-state index in [-0.39, 0.29) is 69.9 Å². The summed E-state index contributed by atoms with van der Waals surface area (Å²) in [5.74, 6) is 4.60. The van der Waals surface area contributed by atoms with E-state index in [1.807, 2.05) is 22.6 Å². The minimum absolute atomic E-state index is 0. The summed E-state index contributed by atoms with van der Waals surface area (Å²) < 4.78 is 5.65. The molecule has 5 N–H and O–H groups in total. The Bertz CT molecular complexity index is 451. The van der Waals surface area contributed by atoms with Crippen LogP contribution < -0.4 is 68.4 Å². The molecular weight excluding hydrogens is 1240 g/mol. The zero-order valence-electron chi connectivity index (χ0n) is 18.0. The smallest absolute Gasteiger partial charge is 0.433 e. The van der Waals surface area contributed by atoms with Crippen molar-refractivity contribution in [2.75, 3.05) is 12.8 Å². The first-order valence-electron chi connectivity index (χ1n) is 6.83. The standard InChI is InChI=1S/C3H5N3S.C2H3I3.C2H4I2.C2H4I.C2H4S2.CH6N2.CS2.K.V/c1-2-5-6-3(4)7-2;1-2(3,4)5;1-2(3)4;1-2-3;1-2(3)4;1-3-2;2-1-3;;/h1H3,(H2,4,6);1H3;2H,1H3;2H,1H3;1H3,(H,3,4);3H,2H2,1H3;;;/q;;;-1;;;;+1;/p-1. The number of rotatable bonds is 0. The molecule has 0 saturated carbocycles. The van der Waals surface area contributed by atoms with E-state index < -0.39 is 0 Å². The maximum absolute atomic E-state index is 5.22. The number of aromatic nitrogens is 2. The summed E-state index contributed by atoms with van der Waals surface area (Å²) in [6, 6.07) is 0. The van der Waals surface area contributed by atoms with Gasteiger partial charge in [-0.1, -0.05) is 131 Å². The number of thiocarbonyl (C=S) groups is 3. The maximum atomic E-state index is 5.22. The van der Waals surface area contributed by atoms with Crippen LogP contribution in [0, 0.1) is 11.4 Å². The van der Waals surface area contributed by atoms with E-state index in [0.29, 0.717) is 8.76 Å². The van der Waals surface area contributed by atoms with E-state index >= 15 is 0 Å². The predicted molar refractivity (Wildman–Crippen MR) is 200 cm³/mol. The SMILES string of the molecule is CC(=S)[S-].CC(I)(I)I.CC(I)I.CNN.C[CH-]I.Cc1nnc(N)s1.S=C=S.[K+].[V]. The van der Waals surface area contributed by atoms with Crippen LogP contribution in [-0.2, 0) is 31.2 Å². The second-order valence-electron chi connectivity index (χ2n) is 3.54. The molecule has 0 aliphatic heterocycles. The molecule has 0 bridgehead atoms. The van der Waals surface area contributed by atoms with Gasteiger partial charge in [-0.2, -0.15) is 11.1 Å².